The molecule has 0 saturated carbocycles. The number of piperazine rings is 1. The summed E-state index contributed by atoms with van der Waals surface area (Å²) in [7, 11) is 1.98. The third-order valence-corrected chi connectivity index (χ3v) is 7.91. The zero-order valence-electron chi connectivity index (χ0n) is 23.9. The van der Waals surface area contributed by atoms with Crippen molar-refractivity contribution in [3.8, 4) is 5.69 Å². The molecule has 0 spiro atoms. The molecule has 6 rings (SSSR count). The van der Waals surface area contributed by atoms with E-state index in [9.17, 15) is 18.0 Å². The fourth-order valence-corrected chi connectivity index (χ4v) is 5.45. The topological polar surface area (TPSA) is 78.8 Å². The van der Waals surface area contributed by atoms with E-state index in [2.05, 4.69) is 20.2 Å². The molecule has 2 aromatic carbocycles. The number of amides is 1. The minimum atomic E-state index is -4.57. The molecule has 2 saturated heterocycles. The standard InChI is InChI=1S/C30H30F5N7O2/c1-39-6-8-40(9-7-39)18-20-2-3-21(14-23(20)30(33,34)35)37-29-36-17-19-4-5-42(27(19)38-29)22-15-24(31)26(25(32)16-22)28(43)41-10-12-44-13-11-41/h2-5,14-17H,6-13,18H2,1H3,(H,36,37,38). The summed E-state index contributed by atoms with van der Waals surface area (Å²) in [5.41, 5.74) is -0.747. The number of halogens is 5. The lowest BCUT2D eigenvalue weighted by Crippen LogP contribution is -2.44. The number of morpholine rings is 1. The number of alkyl halides is 3. The molecule has 1 amide bonds. The maximum absolute atomic E-state index is 15.1. The van der Waals surface area contributed by atoms with Gasteiger partial charge in [-0.15, -0.1) is 0 Å². The van der Waals surface area contributed by atoms with E-state index in [1.165, 1.54) is 27.9 Å². The molecular formula is C30H30F5N7O2. The van der Waals surface area contributed by atoms with Crippen LogP contribution in [-0.4, -0.2) is 94.7 Å². The highest BCUT2D eigenvalue weighted by Gasteiger charge is 2.34. The Kier molecular flexibility index (Phi) is 8.22. The Morgan fingerprint density at radius 2 is 1.68 bits per heavy atom. The molecule has 2 fully saturated rings. The maximum atomic E-state index is 15.1. The number of hydrogen-bond donors (Lipinski definition) is 1. The highest BCUT2D eigenvalue weighted by molar-refractivity contribution is 5.95. The highest BCUT2D eigenvalue weighted by Crippen LogP contribution is 2.35. The fourth-order valence-electron chi connectivity index (χ4n) is 5.45. The zero-order valence-corrected chi connectivity index (χ0v) is 23.9. The predicted molar refractivity (Wildman–Crippen MR) is 153 cm³/mol. The summed E-state index contributed by atoms with van der Waals surface area (Å²) in [5.74, 6) is -2.81. The molecule has 0 aliphatic carbocycles. The molecule has 2 aliphatic heterocycles. The summed E-state index contributed by atoms with van der Waals surface area (Å²) in [6.07, 6.45) is -1.57. The molecule has 232 valence electrons. The average molecular weight is 616 g/mol. The van der Waals surface area contributed by atoms with E-state index in [0.29, 0.717) is 18.5 Å². The maximum Gasteiger partial charge on any atom is 0.416 e. The van der Waals surface area contributed by atoms with Crippen molar-refractivity contribution >= 4 is 28.6 Å². The number of hydrogen-bond acceptors (Lipinski definition) is 7. The van der Waals surface area contributed by atoms with Crippen molar-refractivity contribution in [1.29, 1.82) is 0 Å². The van der Waals surface area contributed by atoms with Crippen LogP contribution in [0.1, 0.15) is 21.5 Å². The number of nitrogens with one attached hydrogen (secondary N) is 1. The van der Waals surface area contributed by atoms with Crippen molar-refractivity contribution in [2.75, 3.05) is 64.8 Å². The van der Waals surface area contributed by atoms with E-state index in [1.807, 2.05) is 11.9 Å². The second-order valence-electron chi connectivity index (χ2n) is 10.9. The number of ether oxygens (including phenoxy) is 1. The summed E-state index contributed by atoms with van der Waals surface area (Å²) < 4.78 is 79.1. The quantitative estimate of drug-likeness (QED) is 0.316. The Hall–Kier alpha value is -4.14. The number of likely N-dealkylation sites (N-methyl/N-ethyl adjacent to an activating group) is 1. The third kappa shape index (κ3) is 6.23. The lowest BCUT2D eigenvalue weighted by molar-refractivity contribution is -0.138. The van der Waals surface area contributed by atoms with Gasteiger partial charge in [0, 0.05) is 69.3 Å². The molecule has 14 heteroatoms. The van der Waals surface area contributed by atoms with Gasteiger partial charge >= 0.3 is 6.18 Å². The van der Waals surface area contributed by atoms with Crippen LogP contribution in [0.4, 0.5) is 33.6 Å². The van der Waals surface area contributed by atoms with Gasteiger partial charge in [0.05, 0.1) is 24.5 Å². The molecule has 9 nitrogen and oxygen atoms in total. The number of aromatic nitrogens is 3. The first kappa shape index (κ1) is 29.9. The van der Waals surface area contributed by atoms with Crippen LogP contribution < -0.4 is 5.32 Å². The van der Waals surface area contributed by atoms with Crippen LogP contribution in [0.15, 0.2) is 48.8 Å². The van der Waals surface area contributed by atoms with Gasteiger partial charge in [-0.3, -0.25) is 9.69 Å². The molecule has 4 aromatic rings. The second-order valence-corrected chi connectivity index (χ2v) is 10.9. The molecule has 1 N–H and O–H groups in total. The normalized spacial score (nSPS) is 16.9. The third-order valence-electron chi connectivity index (χ3n) is 7.91. The Morgan fingerprint density at radius 1 is 0.977 bits per heavy atom. The van der Waals surface area contributed by atoms with E-state index >= 15 is 8.78 Å². The van der Waals surface area contributed by atoms with Crippen LogP contribution in [0.2, 0.25) is 0 Å². The van der Waals surface area contributed by atoms with Gasteiger partial charge in [0.2, 0.25) is 5.95 Å². The summed E-state index contributed by atoms with van der Waals surface area (Å²) in [4.78, 5) is 26.9. The van der Waals surface area contributed by atoms with Crippen molar-refractivity contribution in [1.82, 2.24) is 29.2 Å². The Balaban J connectivity index is 1.26. The highest BCUT2D eigenvalue weighted by atomic mass is 19.4. The summed E-state index contributed by atoms with van der Waals surface area (Å²) in [6.45, 7) is 4.17. The molecule has 0 atom stereocenters. The summed E-state index contributed by atoms with van der Waals surface area (Å²) >= 11 is 0. The monoisotopic (exact) mass is 615 g/mol. The lowest BCUT2D eigenvalue weighted by Gasteiger charge is -2.33. The van der Waals surface area contributed by atoms with Crippen LogP contribution in [0.25, 0.3) is 16.7 Å². The second kappa shape index (κ2) is 12.1. The van der Waals surface area contributed by atoms with Crippen molar-refractivity contribution in [3.05, 3.63) is 77.1 Å². The van der Waals surface area contributed by atoms with Crippen molar-refractivity contribution < 1.29 is 31.5 Å². The molecule has 4 heterocycles. The molecule has 2 aliphatic rings. The van der Waals surface area contributed by atoms with Gasteiger partial charge in [-0.2, -0.15) is 18.2 Å². The number of anilines is 2. The SMILES string of the molecule is CN1CCN(Cc2ccc(Nc3ncc4ccn(-c5cc(F)c(C(=O)N6CCOCC6)c(F)c5)c4n3)cc2C(F)(F)F)CC1. The Bertz CT molecular complexity index is 1660. The Labute approximate surface area is 249 Å². The first-order valence-corrected chi connectivity index (χ1v) is 14.2. The van der Waals surface area contributed by atoms with Gasteiger partial charge in [0.15, 0.2) is 0 Å². The zero-order chi connectivity index (χ0) is 31.0. The number of benzene rings is 2. The van der Waals surface area contributed by atoms with Crippen LogP contribution in [0.3, 0.4) is 0 Å². The molecular weight excluding hydrogens is 585 g/mol. The van der Waals surface area contributed by atoms with E-state index in [1.54, 1.807) is 12.1 Å². The first-order chi connectivity index (χ1) is 21.1. The molecule has 0 bridgehead atoms. The number of rotatable bonds is 6. The predicted octanol–water partition coefficient (Wildman–Crippen LogP) is 4.68. The van der Waals surface area contributed by atoms with Crippen LogP contribution in [-0.2, 0) is 17.5 Å². The van der Waals surface area contributed by atoms with Crippen LogP contribution in [0.5, 0.6) is 0 Å². The number of fused-ring (bicyclic) bond motifs is 1. The number of carbonyl (C=O) groups excluding carboxylic acids is 1. The smallest absolute Gasteiger partial charge is 0.378 e. The average Bonchev–Trinajstić information content (AvgIpc) is 3.42. The number of carbonyl (C=O) groups is 1. The van der Waals surface area contributed by atoms with E-state index in [0.717, 1.165) is 31.3 Å². The van der Waals surface area contributed by atoms with Gasteiger partial charge in [-0.1, -0.05) is 6.07 Å². The summed E-state index contributed by atoms with van der Waals surface area (Å²) in [6, 6.07) is 7.75. The Morgan fingerprint density at radius 3 is 2.36 bits per heavy atom. The van der Waals surface area contributed by atoms with E-state index < -0.39 is 34.8 Å². The van der Waals surface area contributed by atoms with Crippen molar-refractivity contribution in [3.63, 3.8) is 0 Å². The molecule has 0 unspecified atom stereocenters. The van der Waals surface area contributed by atoms with Gasteiger partial charge in [-0.25, -0.2) is 13.8 Å². The van der Waals surface area contributed by atoms with Crippen molar-refractivity contribution in [2.45, 2.75) is 12.7 Å². The summed E-state index contributed by atoms with van der Waals surface area (Å²) in [5, 5.41) is 3.36. The van der Waals surface area contributed by atoms with Gasteiger partial charge in [-0.05, 0) is 42.9 Å². The van der Waals surface area contributed by atoms with Crippen LogP contribution in [0, 0.1) is 11.6 Å². The number of nitrogens with zero attached hydrogens (tertiary/aromatic N) is 6. The minimum absolute atomic E-state index is 0.00236. The molecule has 44 heavy (non-hydrogen) atoms. The van der Waals surface area contributed by atoms with E-state index in [-0.39, 0.29) is 61.4 Å². The van der Waals surface area contributed by atoms with Gasteiger partial charge in [0.25, 0.3) is 5.91 Å². The lowest BCUT2D eigenvalue weighted by atomic mass is 10.0. The molecule has 2 aromatic heterocycles. The fraction of sp³-hybridized carbons (Fsp3) is 0.367. The van der Waals surface area contributed by atoms with Gasteiger partial charge < -0.3 is 24.4 Å². The van der Waals surface area contributed by atoms with Gasteiger partial charge in [0.1, 0.15) is 22.8 Å². The largest absolute Gasteiger partial charge is 0.416 e. The first-order valence-electron chi connectivity index (χ1n) is 14.2. The van der Waals surface area contributed by atoms with E-state index in [4.69, 9.17) is 4.74 Å². The minimum Gasteiger partial charge on any atom is -0.378 e. The molecule has 0 radical (unpaired) electrons. The van der Waals surface area contributed by atoms with Crippen LogP contribution >= 0.6 is 0 Å². The van der Waals surface area contributed by atoms with Crippen molar-refractivity contribution in [2.24, 2.45) is 0 Å².